The Labute approximate surface area is 165 Å². The fraction of sp³-hybridized carbons (Fsp3) is 0.381. The van der Waals surface area contributed by atoms with Crippen LogP contribution in [0.15, 0.2) is 53.4 Å². The molecule has 0 radical (unpaired) electrons. The first-order valence-corrected chi connectivity index (χ1v) is 10.2. The number of hydrogen-bond donors (Lipinski definition) is 1. The van der Waals surface area contributed by atoms with Gasteiger partial charge < -0.3 is 15.0 Å². The molecule has 1 N–H and O–H groups in total. The molecular formula is C21H27FN2O2S. The number of thioether (sulfide) groups is 1. The maximum absolute atomic E-state index is 13.5. The summed E-state index contributed by atoms with van der Waals surface area (Å²) in [7, 11) is 0. The third-order valence-electron chi connectivity index (χ3n) is 4.13. The van der Waals surface area contributed by atoms with Gasteiger partial charge in [-0.3, -0.25) is 4.79 Å². The highest BCUT2D eigenvalue weighted by atomic mass is 32.2. The van der Waals surface area contributed by atoms with E-state index in [-0.39, 0.29) is 11.7 Å². The van der Waals surface area contributed by atoms with Crippen molar-refractivity contribution in [3.63, 3.8) is 0 Å². The number of likely N-dealkylation sites (N-methyl/N-ethyl adjacent to an activating group) is 1. The minimum atomic E-state index is -0.250. The van der Waals surface area contributed by atoms with E-state index in [0.29, 0.717) is 23.7 Å². The third-order valence-corrected chi connectivity index (χ3v) is 5.18. The molecule has 146 valence electrons. The van der Waals surface area contributed by atoms with Crippen molar-refractivity contribution in [3.8, 4) is 5.75 Å². The van der Waals surface area contributed by atoms with Crippen molar-refractivity contribution >= 4 is 23.4 Å². The van der Waals surface area contributed by atoms with Gasteiger partial charge in [-0.15, -0.1) is 11.8 Å². The van der Waals surface area contributed by atoms with Crippen molar-refractivity contribution in [2.24, 2.45) is 0 Å². The standard InChI is InChI=1S/C21H27FN2O2S/c1-3-24(4-2)14-15-26-18-11-9-17(10-12-18)23-21(25)13-16-27-20-8-6-5-7-19(20)22/h5-12H,3-4,13-16H2,1-2H3,(H,23,25). The Morgan fingerprint density at radius 3 is 2.48 bits per heavy atom. The molecule has 2 aromatic carbocycles. The van der Waals surface area contributed by atoms with E-state index < -0.39 is 0 Å². The second kappa shape index (κ2) is 11.6. The van der Waals surface area contributed by atoms with Crippen LogP contribution in [0.2, 0.25) is 0 Å². The molecule has 6 heteroatoms. The molecule has 0 aliphatic heterocycles. The van der Waals surface area contributed by atoms with E-state index >= 15 is 0 Å². The number of halogens is 1. The SMILES string of the molecule is CCN(CC)CCOc1ccc(NC(=O)CCSc2ccccc2F)cc1. The molecule has 0 unspecified atom stereocenters. The molecule has 0 heterocycles. The number of nitrogens with one attached hydrogen (secondary N) is 1. The van der Waals surface area contributed by atoms with Gasteiger partial charge in [-0.25, -0.2) is 4.39 Å². The van der Waals surface area contributed by atoms with Gasteiger partial charge in [-0.2, -0.15) is 0 Å². The van der Waals surface area contributed by atoms with Crippen LogP contribution in [0.5, 0.6) is 5.75 Å². The fourth-order valence-electron chi connectivity index (χ4n) is 2.51. The predicted octanol–water partition coefficient (Wildman–Crippen LogP) is 4.67. The lowest BCUT2D eigenvalue weighted by Crippen LogP contribution is -2.27. The van der Waals surface area contributed by atoms with E-state index in [4.69, 9.17) is 4.74 Å². The van der Waals surface area contributed by atoms with Crippen LogP contribution < -0.4 is 10.1 Å². The summed E-state index contributed by atoms with van der Waals surface area (Å²) in [5.74, 6) is 0.975. The Morgan fingerprint density at radius 1 is 1.11 bits per heavy atom. The summed E-state index contributed by atoms with van der Waals surface area (Å²) in [5, 5.41) is 2.85. The van der Waals surface area contributed by atoms with E-state index in [1.165, 1.54) is 17.8 Å². The van der Waals surface area contributed by atoms with Crippen LogP contribution in [0, 0.1) is 5.82 Å². The molecule has 0 saturated heterocycles. The molecule has 0 spiro atoms. The second-order valence-corrected chi connectivity index (χ2v) is 7.11. The van der Waals surface area contributed by atoms with E-state index in [9.17, 15) is 9.18 Å². The quantitative estimate of drug-likeness (QED) is 0.566. The maximum Gasteiger partial charge on any atom is 0.225 e. The number of nitrogens with zero attached hydrogens (tertiary/aromatic N) is 1. The van der Waals surface area contributed by atoms with Crippen molar-refractivity contribution in [2.45, 2.75) is 25.2 Å². The number of amides is 1. The van der Waals surface area contributed by atoms with Crippen LogP contribution in [0.3, 0.4) is 0 Å². The number of hydrogen-bond acceptors (Lipinski definition) is 4. The largest absolute Gasteiger partial charge is 0.492 e. The van der Waals surface area contributed by atoms with Gasteiger partial charge in [0.15, 0.2) is 0 Å². The van der Waals surface area contributed by atoms with E-state index in [0.717, 1.165) is 31.1 Å². The van der Waals surface area contributed by atoms with Gasteiger partial charge in [0.2, 0.25) is 5.91 Å². The molecule has 4 nitrogen and oxygen atoms in total. The average Bonchev–Trinajstić information content (AvgIpc) is 2.68. The summed E-state index contributed by atoms with van der Waals surface area (Å²) in [5.41, 5.74) is 0.729. The zero-order chi connectivity index (χ0) is 19.5. The molecular weight excluding hydrogens is 363 g/mol. The molecule has 0 aliphatic rings. The Hall–Kier alpha value is -2.05. The van der Waals surface area contributed by atoms with Crippen LogP contribution >= 0.6 is 11.8 Å². The average molecular weight is 391 g/mol. The van der Waals surface area contributed by atoms with Crippen molar-refractivity contribution in [1.82, 2.24) is 4.90 Å². The molecule has 0 aliphatic carbocycles. The monoisotopic (exact) mass is 390 g/mol. The fourth-order valence-corrected chi connectivity index (χ4v) is 3.39. The number of rotatable bonds is 11. The first-order valence-electron chi connectivity index (χ1n) is 9.24. The molecule has 0 bridgehead atoms. The topological polar surface area (TPSA) is 41.6 Å². The first kappa shape index (κ1) is 21.3. The lowest BCUT2D eigenvalue weighted by atomic mass is 10.3. The second-order valence-electron chi connectivity index (χ2n) is 5.98. The molecule has 2 aromatic rings. The summed E-state index contributed by atoms with van der Waals surface area (Å²) in [6.07, 6.45) is 0.321. The Balaban J connectivity index is 1.70. The number of carbonyl (C=O) groups excluding carboxylic acids is 1. The van der Waals surface area contributed by atoms with Gasteiger partial charge in [0.05, 0.1) is 0 Å². The summed E-state index contributed by atoms with van der Waals surface area (Å²) in [4.78, 5) is 14.9. The highest BCUT2D eigenvalue weighted by Gasteiger charge is 2.06. The number of anilines is 1. The Morgan fingerprint density at radius 2 is 1.81 bits per heavy atom. The zero-order valence-corrected chi connectivity index (χ0v) is 16.7. The lowest BCUT2D eigenvalue weighted by molar-refractivity contribution is -0.115. The van der Waals surface area contributed by atoms with Gasteiger partial charge in [0.1, 0.15) is 18.2 Å². The first-order chi connectivity index (χ1) is 13.1. The predicted molar refractivity (Wildman–Crippen MR) is 110 cm³/mol. The highest BCUT2D eigenvalue weighted by molar-refractivity contribution is 7.99. The van der Waals surface area contributed by atoms with Crippen LogP contribution in [0.1, 0.15) is 20.3 Å². The van der Waals surface area contributed by atoms with Gasteiger partial charge >= 0.3 is 0 Å². The summed E-state index contributed by atoms with van der Waals surface area (Å²) in [6, 6.07) is 14.0. The van der Waals surface area contributed by atoms with Crippen molar-refractivity contribution < 1.29 is 13.9 Å². The Bertz CT molecular complexity index is 706. The molecule has 0 aromatic heterocycles. The smallest absolute Gasteiger partial charge is 0.225 e. The maximum atomic E-state index is 13.5. The van der Waals surface area contributed by atoms with Crippen molar-refractivity contribution in [3.05, 3.63) is 54.3 Å². The summed E-state index contributed by atoms with van der Waals surface area (Å²) in [6.45, 7) is 7.83. The van der Waals surface area contributed by atoms with Gasteiger partial charge in [-0.1, -0.05) is 26.0 Å². The van der Waals surface area contributed by atoms with Gasteiger partial charge in [0, 0.05) is 29.3 Å². The van der Waals surface area contributed by atoms with E-state index in [1.807, 2.05) is 24.3 Å². The van der Waals surface area contributed by atoms with E-state index in [2.05, 4.69) is 24.1 Å². The normalized spacial score (nSPS) is 10.8. The minimum absolute atomic E-state index is 0.0889. The highest BCUT2D eigenvalue weighted by Crippen LogP contribution is 2.22. The minimum Gasteiger partial charge on any atom is -0.492 e. The molecule has 0 saturated carbocycles. The van der Waals surface area contributed by atoms with Crippen LogP contribution in [-0.4, -0.2) is 42.8 Å². The lowest BCUT2D eigenvalue weighted by Gasteiger charge is -2.18. The van der Waals surface area contributed by atoms with Crippen molar-refractivity contribution in [1.29, 1.82) is 0 Å². The molecule has 27 heavy (non-hydrogen) atoms. The number of ether oxygens (including phenoxy) is 1. The summed E-state index contributed by atoms with van der Waals surface area (Å²) >= 11 is 1.34. The molecule has 2 rings (SSSR count). The van der Waals surface area contributed by atoms with E-state index in [1.54, 1.807) is 18.2 Å². The van der Waals surface area contributed by atoms with Crippen LogP contribution in [0.25, 0.3) is 0 Å². The zero-order valence-electron chi connectivity index (χ0n) is 15.9. The number of benzene rings is 2. The van der Waals surface area contributed by atoms with Gasteiger partial charge in [-0.05, 0) is 49.5 Å². The molecule has 1 amide bonds. The number of carbonyl (C=O) groups is 1. The van der Waals surface area contributed by atoms with Crippen molar-refractivity contribution in [2.75, 3.05) is 37.3 Å². The molecule has 0 atom stereocenters. The van der Waals surface area contributed by atoms with Crippen LogP contribution in [-0.2, 0) is 4.79 Å². The Kier molecular flexibility index (Phi) is 9.15. The molecule has 0 fully saturated rings. The summed E-state index contributed by atoms with van der Waals surface area (Å²) < 4.78 is 19.3. The van der Waals surface area contributed by atoms with Crippen LogP contribution in [0.4, 0.5) is 10.1 Å². The third kappa shape index (κ3) is 7.61. The van der Waals surface area contributed by atoms with Gasteiger partial charge in [0.25, 0.3) is 0 Å².